The van der Waals surface area contributed by atoms with Gasteiger partial charge in [-0.15, -0.1) is 0 Å². The van der Waals surface area contributed by atoms with Gasteiger partial charge in [0.1, 0.15) is 12.3 Å². The number of rotatable bonds is 9. The van der Waals surface area contributed by atoms with E-state index in [2.05, 4.69) is 10.3 Å². The lowest BCUT2D eigenvalue weighted by Crippen LogP contribution is -2.33. The fraction of sp³-hybridized carbons (Fsp3) is 0.217. The summed E-state index contributed by atoms with van der Waals surface area (Å²) < 4.78 is 34.7. The molecule has 1 aromatic heterocycles. The molecule has 0 aliphatic carbocycles. The summed E-state index contributed by atoms with van der Waals surface area (Å²) in [6, 6.07) is 7.19. The molecular weight excluding hydrogens is 540 g/mol. The van der Waals surface area contributed by atoms with Gasteiger partial charge in [0.2, 0.25) is 0 Å². The van der Waals surface area contributed by atoms with Gasteiger partial charge in [0.05, 0.1) is 22.5 Å². The fourth-order valence-corrected chi connectivity index (χ4v) is 5.27. The van der Waals surface area contributed by atoms with Crippen molar-refractivity contribution in [2.24, 2.45) is 0 Å². The monoisotopic (exact) mass is 560 g/mol. The Kier molecular flexibility index (Phi) is 7.44. The van der Waals surface area contributed by atoms with Gasteiger partial charge in [-0.2, -0.15) is 0 Å². The molecule has 0 bridgehead atoms. The first-order chi connectivity index (χ1) is 18.4. The first-order valence-electron chi connectivity index (χ1n) is 11.2. The van der Waals surface area contributed by atoms with E-state index in [1.807, 2.05) is 4.72 Å². The molecule has 3 aromatic rings. The molecule has 206 valence electrons. The molecule has 5 N–H and O–H groups in total. The highest BCUT2D eigenvalue weighted by Crippen LogP contribution is 2.31. The normalized spacial score (nSPS) is 18.9. The van der Waals surface area contributed by atoms with E-state index in [0.29, 0.717) is 6.07 Å². The van der Waals surface area contributed by atoms with Gasteiger partial charge in [0, 0.05) is 42.2 Å². The first kappa shape index (κ1) is 27.4. The molecule has 39 heavy (non-hydrogen) atoms. The number of benzene rings is 2. The molecule has 1 saturated heterocycles. The van der Waals surface area contributed by atoms with Crippen molar-refractivity contribution in [3.63, 3.8) is 0 Å². The number of hydrogen-bond acceptors (Lipinski definition) is 11. The molecule has 0 saturated carbocycles. The smallest absolute Gasteiger partial charge is 0.335 e. The number of nitrogens with zero attached hydrogens (tertiary/aromatic N) is 1. The van der Waals surface area contributed by atoms with Crippen molar-refractivity contribution in [2.45, 2.75) is 29.8 Å². The summed E-state index contributed by atoms with van der Waals surface area (Å²) in [6.45, 7) is -0.214. The van der Waals surface area contributed by atoms with Crippen LogP contribution in [0.25, 0.3) is 0 Å². The second-order valence-corrected chi connectivity index (χ2v) is 10.1. The lowest BCUT2D eigenvalue weighted by Gasteiger charge is -2.21. The Morgan fingerprint density at radius 2 is 1.90 bits per heavy atom. The molecule has 1 aliphatic heterocycles. The van der Waals surface area contributed by atoms with Crippen molar-refractivity contribution in [3.8, 4) is 5.75 Å². The number of carboxylic acid groups (broad SMARTS) is 2. The number of hydrogen-bond donors (Lipinski definition) is 5. The summed E-state index contributed by atoms with van der Waals surface area (Å²) in [7, 11) is -4.67. The maximum atomic E-state index is 13.0. The van der Waals surface area contributed by atoms with Crippen LogP contribution in [0.3, 0.4) is 0 Å². The topological polar surface area (TPSA) is 243 Å². The number of carbonyl (C=O) groups excluding carboxylic acids is 1. The van der Waals surface area contributed by atoms with E-state index in [0.717, 1.165) is 28.8 Å². The number of anilines is 2. The SMILES string of the molecule is O=C(O)c1ccc(NS(=O)(=O)c2cccc(NCC3OC(n4ccc(=O)[nH]c4=O)CC3O)c2C(=O)[O-])c([O-])c1. The molecule has 0 amide bonds. The lowest BCUT2D eigenvalue weighted by atomic mass is 10.1. The van der Waals surface area contributed by atoms with Crippen LogP contribution in [0, 0.1) is 0 Å². The number of aromatic amines is 1. The maximum absolute atomic E-state index is 13.0. The van der Waals surface area contributed by atoms with Crippen molar-refractivity contribution < 1.29 is 43.2 Å². The van der Waals surface area contributed by atoms with Crippen LogP contribution in [0.2, 0.25) is 0 Å². The third kappa shape index (κ3) is 5.77. The molecule has 2 heterocycles. The summed E-state index contributed by atoms with van der Waals surface area (Å²) >= 11 is 0. The van der Waals surface area contributed by atoms with Crippen molar-refractivity contribution >= 4 is 33.3 Å². The van der Waals surface area contributed by atoms with Crippen LogP contribution in [-0.4, -0.2) is 58.9 Å². The third-order valence-corrected chi connectivity index (χ3v) is 7.26. The van der Waals surface area contributed by atoms with Crippen LogP contribution < -0.4 is 31.5 Å². The Morgan fingerprint density at radius 3 is 2.54 bits per heavy atom. The Hall–Kier alpha value is -4.67. The molecule has 2 aromatic carbocycles. The van der Waals surface area contributed by atoms with Crippen LogP contribution in [0.15, 0.2) is 63.1 Å². The average molecular weight is 560 g/mol. The van der Waals surface area contributed by atoms with Gasteiger partial charge >= 0.3 is 11.7 Å². The molecular formula is C23H20N4O11S-2. The highest BCUT2D eigenvalue weighted by molar-refractivity contribution is 7.92. The Morgan fingerprint density at radius 1 is 1.15 bits per heavy atom. The van der Waals surface area contributed by atoms with Gasteiger partial charge in [-0.3, -0.25) is 19.1 Å². The maximum Gasteiger partial charge on any atom is 0.335 e. The highest BCUT2D eigenvalue weighted by Gasteiger charge is 2.35. The number of aromatic carboxylic acids is 2. The van der Waals surface area contributed by atoms with Crippen molar-refractivity contribution in [3.05, 3.63) is 80.6 Å². The summed E-state index contributed by atoms with van der Waals surface area (Å²) in [4.78, 5) is 47.6. The minimum Gasteiger partial charge on any atom is -0.871 e. The molecule has 0 radical (unpaired) electrons. The molecule has 16 heteroatoms. The molecule has 3 atom stereocenters. The van der Waals surface area contributed by atoms with E-state index >= 15 is 0 Å². The fourth-order valence-electron chi connectivity index (χ4n) is 3.99. The third-order valence-electron chi connectivity index (χ3n) is 5.85. The van der Waals surface area contributed by atoms with E-state index in [4.69, 9.17) is 9.84 Å². The number of aromatic nitrogens is 2. The number of carbonyl (C=O) groups is 2. The summed E-state index contributed by atoms with van der Waals surface area (Å²) in [5, 5.41) is 46.2. The first-order valence-corrected chi connectivity index (χ1v) is 12.7. The number of aliphatic hydroxyl groups excluding tert-OH is 1. The minimum absolute atomic E-state index is 0.0256. The van der Waals surface area contributed by atoms with Crippen LogP contribution in [0.5, 0.6) is 5.75 Å². The van der Waals surface area contributed by atoms with Crippen LogP contribution in [0.1, 0.15) is 33.4 Å². The van der Waals surface area contributed by atoms with Crippen molar-refractivity contribution in [1.29, 1.82) is 0 Å². The number of ether oxygens (including phenoxy) is 1. The number of aliphatic hydroxyl groups is 1. The van der Waals surface area contributed by atoms with Gasteiger partial charge in [0.25, 0.3) is 15.6 Å². The molecule has 15 nitrogen and oxygen atoms in total. The van der Waals surface area contributed by atoms with Gasteiger partial charge < -0.3 is 35.3 Å². The Balaban J connectivity index is 1.56. The zero-order valence-electron chi connectivity index (χ0n) is 19.7. The highest BCUT2D eigenvalue weighted by atomic mass is 32.2. The van der Waals surface area contributed by atoms with Crippen LogP contribution >= 0.6 is 0 Å². The van der Waals surface area contributed by atoms with E-state index in [9.17, 15) is 42.9 Å². The summed E-state index contributed by atoms with van der Waals surface area (Å²) in [5.74, 6) is -4.22. The number of nitrogens with one attached hydrogen (secondary N) is 3. The van der Waals surface area contributed by atoms with Crippen LogP contribution in [-0.2, 0) is 14.8 Å². The molecule has 4 rings (SSSR count). The predicted octanol–water partition coefficient (Wildman–Crippen LogP) is -1.77. The van der Waals surface area contributed by atoms with Crippen LogP contribution in [0.4, 0.5) is 11.4 Å². The Labute approximate surface area is 219 Å². The van der Waals surface area contributed by atoms with E-state index in [1.165, 1.54) is 18.3 Å². The van der Waals surface area contributed by atoms with E-state index in [-0.39, 0.29) is 24.2 Å². The molecule has 3 unspecified atom stereocenters. The average Bonchev–Trinajstić information content (AvgIpc) is 3.23. The summed E-state index contributed by atoms with van der Waals surface area (Å²) in [5.41, 5.74) is -3.22. The van der Waals surface area contributed by atoms with Crippen molar-refractivity contribution in [1.82, 2.24) is 9.55 Å². The number of sulfonamides is 1. The largest absolute Gasteiger partial charge is 0.871 e. The molecule has 0 spiro atoms. The molecule has 1 aliphatic rings. The Bertz CT molecular complexity index is 1660. The minimum atomic E-state index is -4.67. The lowest BCUT2D eigenvalue weighted by molar-refractivity contribution is -0.267. The second-order valence-electron chi connectivity index (χ2n) is 8.42. The number of H-pyrrole nitrogens is 1. The van der Waals surface area contributed by atoms with Gasteiger partial charge in [0.15, 0.2) is 0 Å². The second kappa shape index (κ2) is 10.6. The van der Waals surface area contributed by atoms with Crippen molar-refractivity contribution in [2.75, 3.05) is 16.6 Å². The van der Waals surface area contributed by atoms with Gasteiger partial charge in [-0.05, 0) is 24.3 Å². The van der Waals surface area contributed by atoms with Gasteiger partial charge in [-0.25, -0.2) is 18.0 Å². The summed E-state index contributed by atoms with van der Waals surface area (Å²) in [6.07, 6.45) is -1.82. The molecule has 1 fully saturated rings. The van der Waals surface area contributed by atoms with E-state index < -0.39 is 73.5 Å². The zero-order chi connectivity index (χ0) is 28.5. The standard InChI is InChI=1S/C23H22N4O11S/c28-14-8-11(21(31)32)4-5-12(14)26-39(36,37)17-3-1-2-13(20(17)22(33)34)24-10-16-15(29)9-19(38-16)27-7-6-18(30)25-23(27)35/h1-8,15-16,19,24,26,28-29H,9-10H2,(H,31,32)(H,33,34)(H,25,30,35)/p-2. The predicted molar refractivity (Wildman–Crippen MR) is 129 cm³/mol. The van der Waals surface area contributed by atoms with Gasteiger partial charge in [-0.1, -0.05) is 17.9 Å². The number of carboxylic acids is 2. The zero-order valence-corrected chi connectivity index (χ0v) is 20.5. The quantitative estimate of drug-likeness (QED) is 0.195. The van der Waals surface area contributed by atoms with E-state index in [1.54, 1.807) is 0 Å².